The summed E-state index contributed by atoms with van der Waals surface area (Å²) in [6, 6.07) is 19.5. The lowest BCUT2D eigenvalue weighted by Gasteiger charge is -2.10. The average molecular weight is 400 g/mol. The molecule has 2 N–H and O–H groups in total. The standard InChI is InChI=1S/C25H24N2O3/c1-15-13-17(14-16(2)24(15)28)25-26-22(18-9-5-7-11-20(18)29-3)23(27-25)19-10-6-8-12-21(19)30-4/h5-14,28H,1-4H3,(H,26,27). The molecule has 0 spiro atoms. The van der Waals surface area contributed by atoms with E-state index in [-0.39, 0.29) is 0 Å². The monoisotopic (exact) mass is 400 g/mol. The highest BCUT2D eigenvalue weighted by Crippen LogP contribution is 2.41. The molecule has 5 heteroatoms. The number of aromatic nitrogens is 2. The van der Waals surface area contributed by atoms with Gasteiger partial charge in [-0.1, -0.05) is 24.3 Å². The summed E-state index contributed by atoms with van der Waals surface area (Å²) in [4.78, 5) is 8.43. The van der Waals surface area contributed by atoms with Crippen LogP contribution in [0.25, 0.3) is 33.9 Å². The Hall–Kier alpha value is -3.73. The van der Waals surface area contributed by atoms with Crippen LogP contribution in [0.3, 0.4) is 0 Å². The van der Waals surface area contributed by atoms with Gasteiger partial charge in [0.25, 0.3) is 0 Å². The minimum atomic E-state index is 0.306. The van der Waals surface area contributed by atoms with Crippen LogP contribution < -0.4 is 9.47 Å². The number of para-hydroxylation sites is 2. The number of aryl methyl sites for hydroxylation is 2. The van der Waals surface area contributed by atoms with E-state index < -0.39 is 0 Å². The topological polar surface area (TPSA) is 67.4 Å². The first-order chi connectivity index (χ1) is 14.5. The van der Waals surface area contributed by atoms with Crippen LogP contribution in [0.4, 0.5) is 0 Å². The van der Waals surface area contributed by atoms with E-state index in [0.717, 1.165) is 50.7 Å². The average Bonchev–Trinajstić information content (AvgIpc) is 3.22. The van der Waals surface area contributed by atoms with Gasteiger partial charge in [0.2, 0.25) is 0 Å². The number of aromatic amines is 1. The number of hydrogen-bond acceptors (Lipinski definition) is 4. The summed E-state index contributed by atoms with van der Waals surface area (Å²) in [5.41, 5.74) is 5.92. The number of phenolic OH excluding ortho intramolecular Hbond substituents is 1. The fourth-order valence-corrected chi connectivity index (χ4v) is 3.68. The third kappa shape index (κ3) is 3.39. The van der Waals surface area contributed by atoms with Crippen molar-refractivity contribution in [1.82, 2.24) is 9.97 Å². The fourth-order valence-electron chi connectivity index (χ4n) is 3.68. The van der Waals surface area contributed by atoms with E-state index in [4.69, 9.17) is 14.5 Å². The Morgan fingerprint density at radius 1 is 0.800 bits per heavy atom. The largest absolute Gasteiger partial charge is 0.507 e. The molecule has 0 aliphatic heterocycles. The van der Waals surface area contributed by atoms with Crippen LogP contribution in [0.2, 0.25) is 0 Å². The molecule has 1 aromatic heterocycles. The number of phenols is 1. The summed E-state index contributed by atoms with van der Waals surface area (Å²) in [5.74, 6) is 2.51. The first-order valence-corrected chi connectivity index (χ1v) is 9.70. The third-order valence-corrected chi connectivity index (χ3v) is 5.21. The van der Waals surface area contributed by atoms with Gasteiger partial charge in [0.1, 0.15) is 28.8 Å². The Morgan fingerprint density at radius 2 is 1.33 bits per heavy atom. The van der Waals surface area contributed by atoms with Gasteiger partial charge in [-0.25, -0.2) is 4.98 Å². The lowest BCUT2D eigenvalue weighted by Crippen LogP contribution is -1.92. The van der Waals surface area contributed by atoms with E-state index in [1.165, 1.54) is 0 Å². The molecule has 0 unspecified atom stereocenters. The van der Waals surface area contributed by atoms with Gasteiger partial charge in [0.15, 0.2) is 0 Å². The number of imidazole rings is 1. The Balaban J connectivity index is 1.99. The van der Waals surface area contributed by atoms with Crippen LogP contribution >= 0.6 is 0 Å². The number of ether oxygens (including phenoxy) is 2. The summed E-state index contributed by atoms with van der Waals surface area (Å²) in [5, 5.41) is 10.2. The zero-order valence-electron chi connectivity index (χ0n) is 17.5. The molecular weight excluding hydrogens is 376 g/mol. The molecule has 3 aromatic carbocycles. The smallest absolute Gasteiger partial charge is 0.138 e. The molecule has 0 radical (unpaired) electrons. The number of hydrogen-bond donors (Lipinski definition) is 2. The maximum absolute atomic E-state index is 10.2. The molecule has 0 saturated carbocycles. The summed E-state index contributed by atoms with van der Waals surface area (Å²) < 4.78 is 11.2. The summed E-state index contributed by atoms with van der Waals surface area (Å²) in [7, 11) is 3.31. The van der Waals surface area contributed by atoms with Crippen LogP contribution in [0.1, 0.15) is 11.1 Å². The second-order valence-corrected chi connectivity index (χ2v) is 7.17. The molecule has 152 valence electrons. The number of aromatic hydroxyl groups is 1. The number of nitrogens with one attached hydrogen (secondary N) is 1. The van der Waals surface area contributed by atoms with Crippen LogP contribution in [-0.2, 0) is 0 Å². The molecule has 4 aromatic rings. The minimum Gasteiger partial charge on any atom is -0.507 e. The normalized spacial score (nSPS) is 10.8. The highest BCUT2D eigenvalue weighted by atomic mass is 16.5. The second-order valence-electron chi connectivity index (χ2n) is 7.17. The van der Waals surface area contributed by atoms with Crippen molar-refractivity contribution < 1.29 is 14.6 Å². The van der Waals surface area contributed by atoms with Gasteiger partial charge < -0.3 is 19.6 Å². The molecule has 4 rings (SSSR count). The second kappa shape index (κ2) is 7.95. The Bertz CT molecular complexity index is 1120. The quantitative estimate of drug-likeness (QED) is 0.448. The van der Waals surface area contributed by atoms with E-state index in [2.05, 4.69) is 4.98 Å². The molecule has 5 nitrogen and oxygen atoms in total. The first kappa shape index (κ1) is 19.6. The van der Waals surface area contributed by atoms with Gasteiger partial charge in [0, 0.05) is 16.7 Å². The van der Waals surface area contributed by atoms with E-state index in [1.54, 1.807) is 14.2 Å². The minimum absolute atomic E-state index is 0.306. The van der Waals surface area contributed by atoms with E-state index in [9.17, 15) is 5.11 Å². The van der Waals surface area contributed by atoms with Crippen LogP contribution in [0, 0.1) is 13.8 Å². The van der Waals surface area contributed by atoms with Crippen molar-refractivity contribution in [3.8, 4) is 51.2 Å². The number of nitrogens with zero attached hydrogens (tertiary/aromatic N) is 1. The van der Waals surface area contributed by atoms with E-state index in [1.807, 2.05) is 74.5 Å². The van der Waals surface area contributed by atoms with E-state index >= 15 is 0 Å². The molecule has 0 aliphatic rings. The van der Waals surface area contributed by atoms with Crippen LogP contribution in [-0.4, -0.2) is 29.3 Å². The fraction of sp³-hybridized carbons (Fsp3) is 0.160. The predicted molar refractivity (Wildman–Crippen MR) is 119 cm³/mol. The van der Waals surface area contributed by atoms with Crippen molar-refractivity contribution in [2.45, 2.75) is 13.8 Å². The maximum atomic E-state index is 10.2. The van der Waals surface area contributed by atoms with Crippen molar-refractivity contribution in [2.24, 2.45) is 0 Å². The predicted octanol–water partition coefficient (Wildman–Crippen LogP) is 5.75. The first-order valence-electron chi connectivity index (χ1n) is 9.70. The van der Waals surface area contributed by atoms with Crippen molar-refractivity contribution in [3.63, 3.8) is 0 Å². The molecule has 0 bridgehead atoms. The summed E-state index contributed by atoms with van der Waals surface area (Å²) >= 11 is 0. The number of H-pyrrole nitrogens is 1. The molecule has 0 saturated heterocycles. The molecule has 0 atom stereocenters. The van der Waals surface area contributed by atoms with Crippen molar-refractivity contribution in [3.05, 3.63) is 71.8 Å². The van der Waals surface area contributed by atoms with Crippen LogP contribution in [0.15, 0.2) is 60.7 Å². The van der Waals surface area contributed by atoms with E-state index in [0.29, 0.717) is 11.6 Å². The van der Waals surface area contributed by atoms with Gasteiger partial charge in [0.05, 0.1) is 19.9 Å². The summed E-state index contributed by atoms with van der Waals surface area (Å²) in [6.07, 6.45) is 0. The number of methoxy groups -OCH3 is 2. The van der Waals surface area contributed by atoms with Gasteiger partial charge in [-0.2, -0.15) is 0 Å². The van der Waals surface area contributed by atoms with Gasteiger partial charge in [-0.15, -0.1) is 0 Å². The Labute approximate surface area is 176 Å². The summed E-state index contributed by atoms with van der Waals surface area (Å²) in [6.45, 7) is 3.77. The molecule has 0 amide bonds. The van der Waals surface area contributed by atoms with Crippen molar-refractivity contribution >= 4 is 0 Å². The number of rotatable bonds is 5. The zero-order chi connectivity index (χ0) is 21.3. The maximum Gasteiger partial charge on any atom is 0.138 e. The van der Waals surface area contributed by atoms with Crippen molar-refractivity contribution in [1.29, 1.82) is 0 Å². The molecule has 0 fully saturated rings. The third-order valence-electron chi connectivity index (χ3n) is 5.21. The van der Waals surface area contributed by atoms with Crippen LogP contribution in [0.5, 0.6) is 17.2 Å². The Morgan fingerprint density at radius 3 is 1.93 bits per heavy atom. The van der Waals surface area contributed by atoms with Gasteiger partial charge in [-0.05, 0) is 61.4 Å². The SMILES string of the molecule is COc1ccccc1-c1nc(-c2cc(C)c(O)c(C)c2)[nH]c1-c1ccccc1OC. The highest BCUT2D eigenvalue weighted by Gasteiger charge is 2.21. The molecular formula is C25H24N2O3. The van der Waals surface area contributed by atoms with Gasteiger partial charge in [-0.3, -0.25) is 0 Å². The highest BCUT2D eigenvalue weighted by molar-refractivity contribution is 5.86. The lowest BCUT2D eigenvalue weighted by molar-refractivity contribution is 0.415. The zero-order valence-corrected chi connectivity index (χ0v) is 17.5. The molecule has 30 heavy (non-hydrogen) atoms. The van der Waals surface area contributed by atoms with Crippen molar-refractivity contribution in [2.75, 3.05) is 14.2 Å². The molecule has 1 heterocycles. The number of benzene rings is 3. The Kier molecular flexibility index (Phi) is 5.19. The van der Waals surface area contributed by atoms with Gasteiger partial charge >= 0.3 is 0 Å². The molecule has 0 aliphatic carbocycles. The lowest BCUT2D eigenvalue weighted by atomic mass is 10.0.